The Morgan fingerprint density at radius 3 is 2.56 bits per heavy atom. The first-order chi connectivity index (χ1) is 8.42. The molecule has 0 saturated heterocycles. The molecule has 0 amide bonds. The third-order valence-electron chi connectivity index (χ3n) is 3.05. The van der Waals surface area contributed by atoms with E-state index in [1.165, 1.54) is 7.11 Å². The van der Waals surface area contributed by atoms with Crippen molar-refractivity contribution in [2.24, 2.45) is 5.41 Å². The molecule has 18 heavy (non-hydrogen) atoms. The molecule has 1 unspecified atom stereocenters. The highest BCUT2D eigenvalue weighted by Crippen LogP contribution is 2.38. The van der Waals surface area contributed by atoms with E-state index in [1.54, 1.807) is 38.1 Å². The lowest BCUT2D eigenvalue weighted by Gasteiger charge is -2.27. The SMILES string of the molecule is COc1ccccc1C(C[N+](=O)[O-])C(C)(C)C=O. The number of hydrogen-bond acceptors (Lipinski definition) is 4. The maximum Gasteiger partial charge on any atom is 0.211 e. The standard InChI is InChI=1S/C13H17NO4/c1-13(2,9-15)11(8-14(16)17)10-6-4-5-7-12(10)18-3/h4-7,9,11H,8H2,1-3H3. The van der Waals surface area contributed by atoms with Gasteiger partial charge in [-0.3, -0.25) is 10.1 Å². The van der Waals surface area contributed by atoms with Crippen molar-refractivity contribution in [1.82, 2.24) is 0 Å². The Bertz CT molecular complexity index is 442. The van der Waals surface area contributed by atoms with E-state index in [0.29, 0.717) is 11.3 Å². The first kappa shape index (κ1) is 14.2. The van der Waals surface area contributed by atoms with Gasteiger partial charge in [0, 0.05) is 15.9 Å². The van der Waals surface area contributed by atoms with Gasteiger partial charge in [-0.05, 0) is 6.07 Å². The number of carbonyl (C=O) groups excluding carboxylic acids is 1. The van der Waals surface area contributed by atoms with E-state index < -0.39 is 16.3 Å². The lowest BCUT2D eigenvalue weighted by Crippen LogP contribution is -2.30. The van der Waals surface area contributed by atoms with Crippen LogP contribution in [0.5, 0.6) is 5.75 Å². The van der Waals surface area contributed by atoms with Gasteiger partial charge in [0.25, 0.3) is 0 Å². The minimum Gasteiger partial charge on any atom is -0.496 e. The van der Waals surface area contributed by atoms with Crippen LogP contribution in [0.4, 0.5) is 0 Å². The van der Waals surface area contributed by atoms with Gasteiger partial charge in [-0.15, -0.1) is 0 Å². The average Bonchev–Trinajstić information content (AvgIpc) is 2.35. The molecule has 0 saturated carbocycles. The van der Waals surface area contributed by atoms with Gasteiger partial charge in [0.2, 0.25) is 6.54 Å². The topological polar surface area (TPSA) is 69.4 Å². The molecule has 5 nitrogen and oxygen atoms in total. The Kier molecular flexibility index (Phi) is 4.42. The Morgan fingerprint density at radius 1 is 1.44 bits per heavy atom. The minimum absolute atomic E-state index is 0.299. The van der Waals surface area contributed by atoms with Gasteiger partial charge in [-0.1, -0.05) is 32.0 Å². The number of ether oxygens (including phenoxy) is 1. The molecule has 1 aromatic carbocycles. The average molecular weight is 251 g/mol. The maximum absolute atomic E-state index is 11.2. The summed E-state index contributed by atoms with van der Waals surface area (Å²) in [6.07, 6.45) is 0.758. The van der Waals surface area contributed by atoms with Crippen molar-refractivity contribution < 1.29 is 14.5 Å². The lowest BCUT2D eigenvalue weighted by molar-refractivity contribution is -0.485. The number of rotatable bonds is 6. The first-order valence-corrected chi connectivity index (χ1v) is 5.63. The van der Waals surface area contributed by atoms with Gasteiger partial charge in [-0.25, -0.2) is 0 Å². The lowest BCUT2D eigenvalue weighted by atomic mass is 9.75. The fourth-order valence-corrected chi connectivity index (χ4v) is 1.92. The summed E-state index contributed by atoms with van der Waals surface area (Å²) in [6.45, 7) is 3.09. The van der Waals surface area contributed by atoms with Crippen molar-refractivity contribution in [3.8, 4) is 5.75 Å². The van der Waals surface area contributed by atoms with Gasteiger partial charge in [-0.2, -0.15) is 0 Å². The van der Waals surface area contributed by atoms with Crippen molar-refractivity contribution in [3.63, 3.8) is 0 Å². The number of para-hydroxylation sites is 1. The maximum atomic E-state index is 11.2. The summed E-state index contributed by atoms with van der Waals surface area (Å²) >= 11 is 0. The van der Waals surface area contributed by atoms with Crippen molar-refractivity contribution in [1.29, 1.82) is 0 Å². The number of benzene rings is 1. The summed E-state index contributed by atoms with van der Waals surface area (Å²) in [4.78, 5) is 21.6. The molecule has 0 radical (unpaired) electrons. The molecule has 1 rings (SSSR count). The number of nitro groups is 1. The molecule has 0 spiro atoms. The Labute approximate surface area is 106 Å². The van der Waals surface area contributed by atoms with Crippen molar-refractivity contribution in [3.05, 3.63) is 39.9 Å². The molecule has 0 N–H and O–H groups in total. The molecule has 0 aliphatic carbocycles. The van der Waals surface area contributed by atoms with Crippen molar-refractivity contribution in [2.45, 2.75) is 19.8 Å². The summed E-state index contributed by atoms with van der Waals surface area (Å²) in [5, 5.41) is 10.8. The second kappa shape index (κ2) is 5.62. The second-order valence-corrected chi connectivity index (χ2v) is 4.75. The third-order valence-corrected chi connectivity index (χ3v) is 3.05. The number of carbonyl (C=O) groups is 1. The van der Waals surface area contributed by atoms with E-state index in [4.69, 9.17) is 4.74 Å². The zero-order chi connectivity index (χ0) is 13.8. The van der Waals surface area contributed by atoms with Crippen LogP contribution in [0, 0.1) is 15.5 Å². The second-order valence-electron chi connectivity index (χ2n) is 4.75. The minimum atomic E-state index is -0.818. The summed E-state index contributed by atoms with van der Waals surface area (Å²) in [7, 11) is 1.51. The van der Waals surface area contributed by atoms with Crippen LogP contribution in [0.25, 0.3) is 0 Å². The smallest absolute Gasteiger partial charge is 0.211 e. The highest BCUT2D eigenvalue weighted by Gasteiger charge is 2.36. The van der Waals surface area contributed by atoms with Gasteiger partial charge in [0.05, 0.1) is 13.0 Å². The van der Waals surface area contributed by atoms with Gasteiger partial charge in [0.15, 0.2) is 0 Å². The molecule has 98 valence electrons. The van der Waals surface area contributed by atoms with E-state index in [-0.39, 0.29) is 6.54 Å². The molecule has 0 aromatic heterocycles. The van der Waals surface area contributed by atoms with Crippen molar-refractivity contribution >= 4 is 6.29 Å². The molecule has 5 heteroatoms. The fraction of sp³-hybridized carbons (Fsp3) is 0.462. The Balaban J connectivity index is 3.25. The van der Waals surface area contributed by atoms with Crippen LogP contribution < -0.4 is 4.74 Å². The Morgan fingerprint density at radius 2 is 2.06 bits per heavy atom. The predicted molar refractivity (Wildman–Crippen MR) is 67.4 cm³/mol. The highest BCUT2D eigenvalue weighted by atomic mass is 16.6. The first-order valence-electron chi connectivity index (χ1n) is 5.63. The van der Waals surface area contributed by atoms with E-state index >= 15 is 0 Å². The molecular weight excluding hydrogens is 234 g/mol. The molecule has 0 fully saturated rings. The number of aldehydes is 1. The summed E-state index contributed by atoms with van der Waals surface area (Å²) in [5.41, 5.74) is -0.129. The third kappa shape index (κ3) is 3.06. The molecule has 0 aliphatic rings. The summed E-state index contributed by atoms with van der Waals surface area (Å²) < 4.78 is 5.21. The molecule has 1 atom stereocenters. The number of hydrogen-bond donors (Lipinski definition) is 0. The molecule has 1 aromatic rings. The van der Waals surface area contributed by atoms with Crippen LogP contribution in [-0.4, -0.2) is 24.9 Å². The monoisotopic (exact) mass is 251 g/mol. The predicted octanol–water partition coefficient (Wildman–Crippen LogP) is 2.28. The van der Waals surface area contributed by atoms with Crippen LogP contribution in [0.3, 0.4) is 0 Å². The van der Waals surface area contributed by atoms with Gasteiger partial charge >= 0.3 is 0 Å². The molecular formula is C13H17NO4. The van der Waals surface area contributed by atoms with Crippen LogP contribution >= 0.6 is 0 Å². The van der Waals surface area contributed by atoms with Crippen LogP contribution in [0.2, 0.25) is 0 Å². The normalized spacial score (nSPS) is 12.8. The van der Waals surface area contributed by atoms with E-state index in [0.717, 1.165) is 6.29 Å². The zero-order valence-corrected chi connectivity index (χ0v) is 10.8. The zero-order valence-electron chi connectivity index (χ0n) is 10.8. The molecule has 0 bridgehead atoms. The van der Waals surface area contributed by atoms with Crippen LogP contribution in [-0.2, 0) is 4.79 Å². The van der Waals surface area contributed by atoms with E-state index in [2.05, 4.69) is 0 Å². The van der Waals surface area contributed by atoms with Crippen LogP contribution in [0.15, 0.2) is 24.3 Å². The number of nitrogens with zero attached hydrogens (tertiary/aromatic N) is 1. The fourth-order valence-electron chi connectivity index (χ4n) is 1.92. The quantitative estimate of drug-likeness (QED) is 0.442. The molecule has 0 heterocycles. The van der Waals surface area contributed by atoms with Gasteiger partial charge < -0.3 is 9.53 Å². The highest BCUT2D eigenvalue weighted by molar-refractivity contribution is 5.61. The molecule has 0 aliphatic heterocycles. The largest absolute Gasteiger partial charge is 0.496 e. The summed E-state index contributed by atoms with van der Waals surface area (Å²) in [6, 6.07) is 7.08. The van der Waals surface area contributed by atoms with Crippen LogP contribution in [0.1, 0.15) is 25.3 Å². The van der Waals surface area contributed by atoms with E-state index in [1.807, 2.05) is 0 Å². The van der Waals surface area contributed by atoms with Crippen molar-refractivity contribution in [2.75, 3.05) is 13.7 Å². The van der Waals surface area contributed by atoms with Gasteiger partial charge in [0.1, 0.15) is 12.0 Å². The summed E-state index contributed by atoms with van der Waals surface area (Å²) in [5.74, 6) is 0.0559. The number of methoxy groups -OCH3 is 1. The van der Waals surface area contributed by atoms with E-state index in [9.17, 15) is 14.9 Å². The Hall–Kier alpha value is -1.91.